The van der Waals surface area contributed by atoms with Crippen LogP contribution in [0.15, 0.2) is 54.6 Å². The number of rotatable bonds is 4. The van der Waals surface area contributed by atoms with E-state index in [4.69, 9.17) is 0 Å². The summed E-state index contributed by atoms with van der Waals surface area (Å²) in [6, 6.07) is 12.6. The molecule has 0 aliphatic carbocycles. The van der Waals surface area contributed by atoms with Crippen molar-refractivity contribution >= 4 is 15.7 Å². The Morgan fingerprint density at radius 2 is 1.73 bits per heavy atom. The molecule has 0 atom stereocenters. The molecule has 12 heteroatoms. The lowest BCUT2D eigenvalue weighted by Crippen LogP contribution is -2.43. The lowest BCUT2D eigenvalue weighted by atomic mass is 10.1. The summed E-state index contributed by atoms with van der Waals surface area (Å²) < 4.78 is 66.7. The van der Waals surface area contributed by atoms with E-state index in [9.17, 15) is 31.5 Å². The quantitative estimate of drug-likeness (QED) is 0.615. The van der Waals surface area contributed by atoms with E-state index < -0.39 is 27.9 Å². The fraction of sp³-hybridized carbons (Fsp3) is 0.238. The molecule has 0 radical (unpaired) electrons. The molecule has 1 aliphatic heterocycles. The minimum Gasteiger partial charge on any atom is -0.508 e. The number of ether oxygens (including phenoxy) is 1. The Hall–Kier alpha value is -3.54. The van der Waals surface area contributed by atoms with Crippen LogP contribution in [0.4, 0.5) is 13.2 Å². The van der Waals surface area contributed by atoms with Crippen LogP contribution < -0.4 is 4.74 Å². The van der Waals surface area contributed by atoms with Crippen LogP contribution in [0.2, 0.25) is 0 Å². The summed E-state index contributed by atoms with van der Waals surface area (Å²) in [5.74, 6) is -1.34. The van der Waals surface area contributed by atoms with Crippen molar-refractivity contribution in [1.82, 2.24) is 14.7 Å². The standard InChI is InChI=1S/C21H18F3N3O5S/c22-21(23,24)32-17-6-1-3-14(11-17)19-13-18(20(29)26-7-9-33(30,31)10-8-26)25-27(19)15-4-2-5-16(28)12-15/h1-6,11-13,28H,7-10H2. The third-order valence-corrected chi connectivity index (χ3v) is 6.61. The number of benzene rings is 2. The Labute approximate surface area is 186 Å². The Bertz CT molecular complexity index is 1290. The van der Waals surface area contributed by atoms with Gasteiger partial charge in [-0.05, 0) is 30.3 Å². The zero-order chi connectivity index (χ0) is 23.8. The monoisotopic (exact) mass is 481 g/mol. The summed E-state index contributed by atoms with van der Waals surface area (Å²) in [7, 11) is -3.20. The molecule has 174 valence electrons. The highest BCUT2D eigenvalue weighted by Crippen LogP contribution is 2.31. The van der Waals surface area contributed by atoms with Crippen molar-refractivity contribution in [3.8, 4) is 28.4 Å². The fourth-order valence-electron chi connectivity index (χ4n) is 3.44. The maximum absolute atomic E-state index is 13.0. The van der Waals surface area contributed by atoms with Gasteiger partial charge in [-0.25, -0.2) is 13.1 Å². The van der Waals surface area contributed by atoms with Gasteiger partial charge in [-0.2, -0.15) is 5.10 Å². The van der Waals surface area contributed by atoms with Gasteiger partial charge in [0.05, 0.1) is 22.9 Å². The molecular formula is C21H18F3N3O5S. The van der Waals surface area contributed by atoms with Gasteiger partial charge in [0, 0.05) is 24.7 Å². The molecule has 0 unspecified atom stereocenters. The zero-order valence-corrected chi connectivity index (χ0v) is 17.8. The molecule has 1 saturated heterocycles. The van der Waals surface area contributed by atoms with E-state index in [-0.39, 0.29) is 47.3 Å². The number of hydrogen-bond acceptors (Lipinski definition) is 6. The second-order valence-electron chi connectivity index (χ2n) is 7.37. The SMILES string of the molecule is O=C(c1cc(-c2cccc(OC(F)(F)F)c2)n(-c2cccc(O)c2)n1)N1CCS(=O)(=O)CC1. The number of nitrogens with zero attached hydrogens (tertiary/aromatic N) is 3. The van der Waals surface area contributed by atoms with Crippen LogP contribution >= 0.6 is 0 Å². The normalized spacial score (nSPS) is 15.9. The maximum Gasteiger partial charge on any atom is 0.573 e. The van der Waals surface area contributed by atoms with Gasteiger partial charge < -0.3 is 14.7 Å². The summed E-state index contributed by atoms with van der Waals surface area (Å²) in [5.41, 5.74) is 0.913. The van der Waals surface area contributed by atoms with Crippen molar-refractivity contribution in [1.29, 1.82) is 0 Å². The second kappa shape index (κ2) is 8.43. The van der Waals surface area contributed by atoms with Crippen LogP contribution in [0, 0.1) is 0 Å². The van der Waals surface area contributed by atoms with Gasteiger partial charge in [0.25, 0.3) is 5.91 Å². The predicted molar refractivity (Wildman–Crippen MR) is 112 cm³/mol. The first-order valence-corrected chi connectivity index (χ1v) is 11.6. The molecule has 1 aliphatic rings. The Kier molecular flexibility index (Phi) is 5.78. The van der Waals surface area contributed by atoms with E-state index in [1.807, 2.05) is 0 Å². The lowest BCUT2D eigenvalue weighted by molar-refractivity contribution is -0.274. The molecule has 0 bridgehead atoms. The number of halogens is 3. The van der Waals surface area contributed by atoms with E-state index in [1.54, 1.807) is 12.1 Å². The van der Waals surface area contributed by atoms with Crippen LogP contribution in [0.5, 0.6) is 11.5 Å². The molecule has 0 saturated carbocycles. The minimum atomic E-state index is -4.88. The third kappa shape index (κ3) is 5.28. The molecule has 2 aromatic carbocycles. The van der Waals surface area contributed by atoms with E-state index >= 15 is 0 Å². The molecule has 1 N–H and O–H groups in total. The molecule has 4 rings (SSSR count). The number of phenols is 1. The van der Waals surface area contributed by atoms with Crippen molar-refractivity contribution in [3.05, 3.63) is 60.3 Å². The first-order chi connectivity index (χ1) is 15.5. The number of alkyl halides is 3. The molecule has 33 heavy (non-hydrogen) atoms. The number of sulfone groups is 1. The summed E-state index contributed by atoms with van der Waals surface area (Å²) in [6.45, 7) is 0.0365. The van der Waals surface area contributed by atoms with E-state index in [2.05, 4.69) is 9.84 Å². The topological polar surface area (TPSA) is 102 Å². The first-order valence-electron chi connectivity index (χ1n) is 9.76. The third-order valence-electron chi connectivity index (χ3n) is 5.00. The van der Waals surface area contributed by atoms with Gasteiger partial charge in [0.1, 0.15) is 11.5 Å². The summed E-state index contributed by atoms with van der Waals surface area (Å²) in [4.78, 5) is 14.4. The Morgan fingerprint density at radius 3 is 2.39 bits per heavy atom. The van der Waals surface area contributed by atoms with Crippen molar-refractivity contribution in [2.45, 2.75) is 6.36 Å². The van der Waals surface area contributed by atoms with Crippen molar-refractivity contribution in [2.75, 3.05) is 24.6 Å². The van der Waals surface area contributed by atoms with Gasteiger partial charge in [-0.15, -0.1) is 13.2 Å². The fourth-order valence-corrected chi connectivity index (χ4v) is 4.64. The van der Waals surface area contributed by atoms with Crippen LogP contribution in [-0.2, 0) is 9.84 Å². The Morgan fingerprint density at radius 1 is 1.03 bits per heavy atom. The van der Waals surface area contributed by atoms with E-state index in [0.29, 0.717) is 5.69 Å². The molecule has 1 aromatic heterocycles. The van der Waals surface area contributed by atoms with Crippen LogP contribution in [0.25, 0.3) is 16.9 Å². The smallest absolute Gasteiger partial charge is 0.508 e. The highest BCUT2D eigenvalue weighted by molar-refractivity contribution is 7.91. The molecule has 2 heterocycles. The summed E-state index contributed by atoms with van der Waals surface area (Å²) in [6.07, 6.45) is -4.88. The van der Waals surface area contributed by atoms with Crippen molar-refractivity contribution in [3.63, 3.8) is 0 Å². The van der Waals surface area contributed by atoms with Crippen molar-refractivity contribution in [2.24, 2.45) is 0 Å². The maximum atomic E-state index is 13.0. The average molecular weight is 481 g/mol. The van der Waals surface area contributed by atoms with Gasteiger partial charge in [-0.1, -0.05) is 18.2 Å². The minimum absolute atomic E-state index is 0.0182. The van der Waals surface area contributed by atoms with Gasteiger partial charge in [0.15, 0.2) is 15.5 Å². The molecule has 1 fully saturated rings. The van der Waals surface area contributed by atoms with Crippen LogP contribution in [-0.4, -0.2) is 65.1 Å². The molecule has 8 nitrogen and oxygen atoms in total. The van der Waals surface area contributed by atoms with Gasteiger partial charge in [0.2, 0.25) is 0 Å². The number of aromatic nitrogens is 2. The van der Waals surface area contributed by atoms with E-state index in [0.717, 1.165) is 12.1 Å². The van der Waals surface area contributed by atoms with Crippen molar-refractivity contribution < 1.29 is 36.2 Å². The number of aromatic hydroxyl groups is 1. The van der Waals surface area contributed by atoms with Gasteiger partial charge in [-0.3, -0.25) is 4.79 Å². The second-order valence-corrected chi connectivity index (χ2v) is 9.67. The van der Waals surface area contributed by atoms with E-state index in [1.165, 1.54) is 39.9 Å². The van der Waals surface area contributed by atoms with Gasteiger partial charge >= 0.3 is 6.36 Å². The summed E-state index contributed by atoms with van der Waals surface area (Å²) >= 11 is 0. The number of amides is 1. The highest BCUT2D eigenvalue weighted by atomic mass is 32.2. The largest absolute Gasteiger partial charge is 0.573 e. The average Bonchev–Trinajstić information content (AvgIpc) is 3.18. The molecular weight excluding hydrogens is 463 g/mol. The Balaban J connectivity index is 1.75. The molecule has 0 spiro atoms. The van der Waals surface area contributed by atoms with Crippen LogP contribution in [0.1, 0.15) is 10.5 Å². The molecule has 1 amide bonds. The van der Waals surface area contributed by atoms with Crippen LogP contribution in [0.3, 0.4) is 0 Å². The number of carbonyl (C=O) groups excluding carboxylic acids is 1. The predicted octanol–water partition coefficient (Wildman–Crippen LogP) is 3.01. The lowest BCUT2D eigenvalue weighted by Gasteiger charge is -2.25. The first kappa shape index (κ1) is 22.6. The highest BCUT2D eigenvalue weighted by Gasteiger charge is 2.31. The molecule has 3 aromatic rings. The number of carbonyl (C=O) groups is 1. The zero-order valence-electron chi connectivity index (χ0n) is 17.0. The number of phenolic OH excluding ortho intramolecular Hbond substituents is 1. The summed E-state index contributed by atoms with van der Waals surface area (Å²) in [5, 5.41) is 14.2. The number of hydrogen-bond donors (Lipinski definition) is 1.